The van der Waals surface area contributed by atoms with Crippen LogP contribution in [0.4, 0.5) is 5.82 Å². The van der Waals surface area contributed by atoms with Crippen molar-refractivity contribution < 1.29 is 9.84 Å². The minimum absolute atomic E-state index is 0.0151. The van der Waals surface area contributed by atoms with Gasteiger partial charge in [0, 0.05) is 5.56 Å². The number of pyridine rings is 1. The number of hydrogen-bond donors (Lipinski definition) is 2. The molecule has 0 saturated heterocycles. The lowest BCUT2D eigenvalue weighted by atomic mass is 10.2. The van der Waals surface area contributed by atoms with Gasteiger partial charge in [0.05, 0.1) is 23.4 Å². The normalized spacial score (nSPS) is 10.9. The summed E-state index contributed by atoms with van der Waals surface area (Å²) in [7, 11) is 1.47. The van der Waals surface area contributed by atoms with Crippen molar-refractivity contribution in [3.05, 3.63) is 45.0 Å². The Bertz CT molecular complexity index is 693. The molecule has 8 heteroatoms. The Morgan fingerprint density at radius 2 is 2.05 bits per heavy atom. The Kier molecular flexibility index (Phi) is 5.12. The van der Waals surface area contributed by atoms with Gasteiger partial charge in [0.15, 0.2) is 17.3 Å². The number of phenols is 1. The fourth-order valence-corrected chi connectivity index (χ4v) is 2.03. The molecule has 21 heavy (non-hydrogen) atoms. The van der Waals surface area contributed by atoms with Gasteiger partial charge in [-0.05, 0) is 18.2 Å². The number of aromatic nitrogens is 1. The van der Waals surface area contributed by atoms with Crippen molar-refractivity contribution in [2.24, 2.45) is 5.10 Å². The molecule has 2 N–H and O–H groups in total. The predicted octanol–water partition coefficient (Wildman–Crippen LogP) is 4.20. The van der Waals surface area contributed by atoms with Gasteiger partial charge < -0.3 is 9.84 Å². The molecule has 0 saturated carbocycles. The standard InChI is InChI=1S/C13H10Cl3N3O2/c1-21-10-4-2-3-7(11(10)20)6-17-19-13-9(15)5-8(14)12(16)18-13/h2-6,20H,1H3,(H,18,19). The van der Waals surface area contributed by atoms with Crippen molar-refractivity contribution in [1.29, 1.82) is 0 Å². The number of nitrogens with zero attached hydrogens (tertiary/aromatic N) is 2. The van der Waals surface area contributed by atoms with Gasteiger partial charge in [0.25, 0.3) is 0 Å². The van der Waals surface area contributed by atoms with Gasteiger partial charge in [-0.1, -0.05) is 40.9 Å². The first-order valence-corrected chi connectivity index (χ1v) is 6.83. The molecule has 2 aromatic rings. The van der Waals surface area contributed by atoms with Crippen LogP contribution >= 0.6 is 34.8 Å². The molecule has 5 nitrogen and oxygen atoms in total. The summed E-state index contributed by atoms with van der Waals surface area (Å²) in [5.74, 6) is 0.591. The first-order valence-electron chi connectivity index (χ1n) is 5.69. The lowest BCUT2D eigenvalue weighted by molar-refractivity contribution is 0.373. The molecule has 1 aromatic carbocycles. The van der Waals surface area contributed by atoms with Crippen LogP contribution in [0.3, 0.4) is 0 Å². The van der Waals surface area contributed by atoms with E-state index in [-0.39, 0.29) is 26.8 Å². The number of ether oxygens (including phenoxy) is 1. The van der Waals surface area contributed by atoms with Crippen LogP contribution in [0, 0.1) is 0 Å². The fourth-order valence-electron chi connectivity index (χ4n) is 1.49. The maximum Gasteiger partial charge on any atom is 0.166 e. The van der Waals surface area contributed by atoms with Crippen LogP contribution in [-0.4, -0.2) is 23.4 Å². The zero-order valence-electron chi connectivity index (χ0n) is 10.8. The Balaban J connectivity index is 2.18. The number of halogens is 3. The van der Waals surface area contributed by atoms with E-state index in [0.29, 0.717) is 11.3 Å². The van der Waals surface area contributed by atoms with E-state index in [2.05, 4.69) is 15.5 Å². The molecule has 1 heterocycles. The van der Waals surface area contributed by atoms with E-state index in [1.165, 1.54) is 19.4 Å². The molecule has 0 bridgehead atoms. The summed E-state index contributed by atoms with van der Waals surface area (Å²) >= 11 is 17.5. The number of benzene rings is 1. The lowest BCUT2D eigenvalue weighted by Crippen LogP contribution is -1.96. The van der Waals surface area contributed by atoms with Crippen LogP contribution in [0.2, 0.25) is 15.2 Å². The molecule has 0 aliphatic carbocycles. The fraction of sp³-hybridized carbons (Fsp3) is 0.0769. The molecule has 0 atom stereocenters. The average Bonchev–Trinajstić information content (AvgIpc) is 2.46. The number of hydrazone groups is 1. The van der Waals surface area contributed by atoms with E-state index in [4.69, 9.17) is 39.5 Å². The van der Waals surface area contributed by atoms with Crippen LogP contribution in [0.1, 0.15) is 5.56 Å². The van der Waals surface area contributed by atoms with Crippen molar-refractivity contribution in [3.8, 4) is 11.5 Å². The number of aromatic hydroxyl groups is 1. The first kappa shape index (κ1) is 15.7. The zero-order chi connectivity index (χ0) is 15.4. The SMILES string of the molecule is COc1cccc(C=NNc2nc(Cl)c(Cl)cc2Cl)c1O. The number of nitrogens with one attached hydrogen (secondary N) is 1. The smallest absolute Gasteiger partial charge is 0.166 e. The highest BCUT2D eigenvalue weighted by molar-refractivity contribution is 6.42. The van der Waals surface area contributed by atoms with Gasteiger partial charge in [-0.25, -0.2) is 4.98 Å². The number of methoxy groups -OCH3 is 1. The van der Waals surface area contributed by atoms with Crippen LogP contribution in [0.25, 0.3) is 0 Å². The van der Waals surface area contributed by atoms with Crippen molar-refractivity contribution in [3.63, 3.8) is 0 Å². The van der Waals surface area contributed by atoms with Crippen LogP contribution < -0.4 is 10.2 Å². The van der Waals surface area contributed by atoms with Gasteiger partial charge in [0.2, 0.25) is 0 Å². The third-order valence-corrected chi connectivity index (χ3v) is 3.47. The van der Waals surface area contributed by atoms with Gasteiger partial charge in [-0.15, -0.1) is 0 Å². The monoisotopic (exact) mass is 345 g/mol. The van der Waals surface area contributed by atoms with E-state index < -0.39 is 0 Å². The predicted molar refractivity (Wildman–Crippen MR) is 85.1 cm³/mol. The molecule has 0 radical (unpaired) electrons. The molecule has 0 spiro atoms. The maximum atomic E-state index is 9.90. The van der Waals surface area contributed by atoms with E-state index in [1.54, 1.807) is 18.2 Å². The summed E-state index contributed by atoms with van der Waals surface area (Å²) < 4.78 is 5.00. The zero-order valence-corrected chi connectivity index (χ0v) is 13.0. The summed E-state index contributed by atoms with van der Waals surface area (Å²) in [5, 5.41) is 14.5. The Morgan fingerprint density at radius 3 is 2.76 bits per heavy atom. The van der Waals surface area contributed by atoms with E-state index in [0.717, 1.165) is 0 Å². The molecule has 110 valence electrons. The molecule has 1 aromatic heterocycles. The molecular formula is C13H10Cl3N3O2. The Morgan fingerprint density at radius 1 is 1.29 bits per heavy atom. The lowest BCUT2D eigenvalue weighted by Gasteiger charge is -2.06. The minimum atomic E-state index is -0.0151. The number of hydrogen-bond acceptors (Lipinski definition) is 5. The number of anilines is 1. The molecule has 0 amide bonds. The van der Waals surface area contributed by atoms with Gasteiger partial charge in [-0.3, -0.25) is 5.43 Å². The van der Waals surface area contributed by atoms with Crippen molar-refractivity contribution >= 4 is 46.8 Å². The summed E-state index contributed by atoms with van der Waals surface area (Å²) in [4.78, 5) is 3.95. The second-order valence-corrected chi connectivity index (χ2v) is 5.03. The average molecular weight is 347 g/mol. The third kappa shape index (κ3) is 3.69. The van der Waals surface area contributed by atoms with Gasteiger partial charge in [-0.2, -0.15) is 5.10 Å². The highest BCUT2D eigenvalue weighted by atomic mass is 35.5. The largest absolute Gasteiger partial charge is 0.504 e. The number of phenolic OH excluding ortho intramolecular Hbond substituents is 1. The minimum Gasteiger partial charge on any atom is -0.504 e. The Hall–Kier alpha value is -1.69. The van der Waals surface area contributed by atoms with Crippen molar-refractivity contribution in [1.82, 2.24) is 4.98 Å². The van der Waals surface area contributed by atoms with Gasteiger partial charge >= 0.3 is 0 Å². The summed E-state index contributed by atoms with van der Waals surface area (Å²) in [6, 6.07) is 6.49. The van der Waals surface area contributed by atoms with E-state index in [9.17, 15) is 5.11 Å². The Labute approximate surface area is 136 Å². The highest BCUT2D eigenvalue weighted by Crippen LogP contribution is 2.30. The van der Waals surface area contributed by atoms with Crippen LogP contribution in [-0.2, 0) is 0 Å². The van der Waals surface area contributed by atoms with Crippen LogP contribution in [0.5, 0.6) is 11.5 Å². The van der Waals surface area contributed by atoms with E-state index in [1.807, 2.05) is 0 Å². The second-order valence-electron chi connectivity index (χ2n) is 3.86. The second kappa shape index (κ2) is 6.85. The summed E-state index contributed by atoms with van der Waals surface area (Å²) in [5.41, 5.74) is 3.10. The quantitative estimate of drug-likeness (QED) is 0.494. The maximum absolute atomic E-state index is 9.90. The molecule has 0 aliphatic rings. The van der Waals surface area contributed by atoms with Crippen LogP contribution in [0.15, 0.2) is 29.4 Å². The number of para-hydroxylation sites is 1. The third-order valence-electron chi connectivity index (χ3n) is 2.51. The number of rotatable bonds is 4. The summed E-state index contributed by atoms with van der Waals surface area (Å²) in [6.07, 6.45) is 1.40. The molecule has 0 unspecified atom stereocenters. The first-order chi connectivity index (χ1) is 10.0. The topological polar surface area (TPSA) is 66.7 Å². The molecular weight excluding hydrogens is 337 g/mol. The molecule has 2 rings (SSSR count). The highest BCUT2D eigenvalue weighted by Gasteiger charge is 2.07. The summed E-state index contributed by atoms with van der Waals surface area (Å²) in [6.45, 7) is 0. The van der Waals surface area contributed by atoms with Gasteiger partial charge in [0.1, 0.15) is 5.15 Å². The van der Waals surface area contributed by atoms with Crippen molar-refractivity contribution in [2.45, 2.75) is 0 Å². The molecule has 0 fully saturated rings. The van der Waals surface area contributed by atoms with E-state index >= 15 is 0 Å². The molecule has 0 aliphatic heterocycles. The van der Waals surface area contributed by atoms with Crippen molar-refractivity contribution in [2.75, 3.05) is 12.5 Å².